The number of halogens is 1. The third-order valence-electron chi connectivity index (χ3n) is 4.56. The van der Waals surface area contributed by atoms with Crippen molar-refractivity contribution in [1.82, 2.24) is 29.0 Å². The van der Waals surface area contributed by atoms with E-state index >= 15 is 0 Å². The Morgan fingerprint density at radius 2 is 2.15 bits per heavy atom. The lowest BCUT2D eigenvalue weighted by Gasteiger charge is -2.10. The van der Waals surface area contributed by atoms with Crippen LogP contribution < -0.4 is 5.32 Å². The highest BCUT2D eigenvalue weighted by Crippen LogP contribution is 2.26. The Hall–Kier alpha value is -2.71. The van der Waals surface area contributed by atoms with Crippen molar-refractivity contribution in [2.45, 2.75) is 18.9 Å². The highest BCUT2D eigenvalue weighted by molar-refractivity contribution is 6.29. The van der Waals surface area contributed by atoms with Crippen LogP contribution in [0.1, 0.15) is 12.8 Å². The van der Waals surface area contributed by atoms with Crippen LogP contribution in [0, 0.1) is 0 Å². The monoisotopic (exact) mass is 369 g/mol. The lowest BCUT2D eigenvalue weighted by atomic mass is 10.1. The van der Waals surface area contributed by atoms with E-state index in [4.69, 9.17) is 16.3 Å². The summed E-state index contributed by atoms with van der Waals surface area (Å²) in [4.78, 5) is 12.9. The van der Waals surface area contributed by atoms with Gasteiger partial charge >= 0.3 is 0 Å². The van der Waals surface area contributed by atoms with Gasteiger partial charge in [-0.25, -0.2) is 19.5 Å². The first-order chi connectivity index (χ1) is 12.8. The van der Waals surface area contributed by atoms with Crippen LogP contribution in [0.15, 0.2) is 37.1 Å². The molecule has 1 aliphatic rings. The molecule has 9 heteroatoms. The molecule has 1 unspecified atom stereocenters. The Kier molecular flexibility index (Phi) is 3.72. The number of rotatable bonds is 4. The standard InChI is InChI=1S/C17H16ClN7O/c18-15-9-22-17-21-6-11(10-24(15)17)13-3-4-25-14(13)8-20-16(23-25)19-7-12-2-1-5-26-12/h3-4,6,8-10,12H,1-2,5,7H2,(H,19,23). The van der Waals surface area contributed by atoms with E-state index in [-0.39, 0.29) is 6.10 Å². The number of imidazole rings is 1. The third kappa shape index (κ3) is 2.67. The molecule has 1 fully saturated rings. The van der Waals surface area contributed by atoms with E-state index in [1.165, 1.54) is 0 Å². The van der Waals surface area contributed by atoms with Gasteiger partial charge < -0.3 is 10.1 Å². The molecule has 5 heterocycles. The van der Waals surface area contributed by atoms with Gasteiger partial charge in [-0.3, -0.25) is 4.40 Å². The summed E-state index contributed by atoms with van der Waals surface area (Å²) in [7, 11) is 0. The Morgan fingerprint density at radius 1 is 1.23 bits per heavy atom. The predicted octanol–water partition coefficient (Wildman–Crippen LogP) is 2.68. The highest BCUT2D eigenvalue weighted by atomic mass is 35.5. The second-order valence-electron chi connectivity index (χ2n) is 6.25. The molecule has 4 aromatic rings. The maximum Gasteiger partial charge on any atom is 0.241 e. The van der Waals surface area contributed by atoms with Crippen LogP contribution >= 0.6 is 11.6 Å². The van der Waals surface area contributed by atoms with E-state index in [1.54, 1.807) is 27.5 Å². The lowest BCUT2D eigenvalue weighted by molar-refractivity contribution is 0.120. The van der Waals surface area contributed by atoms with Crippen LogP contribution in [-0.2, 0) is 4.74 Å². The molecular weight excluding hydrogens is 354 g/mol. The van der Waals surface area contributed by atoms with Crippen molar-refractivity contribution in [2.24, 2.45) is 0 Å². The van der Waals surface area contributed by atoms with Gasteiger partial charge in [-0.1, -0.05) is 11.6 Å². The molecule has 0 saturated carbocycles. The molecule has 0 aromatic carbocycles. The molecular formula is C17H16ClN7O. The lowest BCUT2D eigenvalue weighted by Crippen LogP contribution is -2.20. The van der Waals surface area contributed by atoms with E-state index in [0.29, 0.717) is 16.9 Å². The first-order valence-corrected chi connectivity index (χ1v) is 8.84. The van der Waals surface area contributed by atoms with Crippen LogP contribution in [0.4, 0.5) is 5.95 Å². The van der Waals surface area contributed by atoms with E-state index in [0.717, 1.165) is 42.6 Å². The van der Waals surface area contributed by atoms with Gasteiger partial charge in [0.2, 0.25) is 11.7 Å². The average Bonchev–Trinajstić information content (AvgIpc) is 3.40. The fourth-order valence-electron chi connectivity index (χ4n) is 3.22. The van der Waals surface area contributed by atoms with Gasteiger partial charge in [-0.2, -0.15) is 0 Å². The largest absolute Gasteiger partial charge is 0.376 e. The van der Waals surface area contributed by atoms with Gasteiger partial charge in [0.1, 0.15) is 5.15 Å². The molecule has 1 atom stereocenters. The number of ether oxygens (including phenoxy) is 1. The first-order valence-electron chi connectivity index (χ1n) is 8.47. The summed E-state index contributed by atoms with van der Waals surface area (Å²) in [6, 6.07) is 1.99. The highest BCUT2D eigenvalue weighted by Gasteiger charge is 2.16. The molecule has 0 aliphatic carbocycles. The quantitative estimate of drug-likeness (QED) is 0.595. The first kappa shape index (κ1) is 15.5. The van der Waals surface area contributed by atoms with Crippen molar-refractivity contribution in [3.63, 3.8) is 0 Å². The van der Waals surface area contributed by atoms with E-state index in [1.807, 2.05) is 18.5 Å². The smallest absolute Gasteiger partial charge is 0.241 e. The molecule has 1 N–H and O–H groups in total. The topological polar surface area (TPSA) is 81.6 Å². The van der Waals surface area contributed by atoms with Gasteiger partial charge in [0, 0.05) is 42.9 Å². The van der Waals surface area contributed by atoms with E-state index < -0.39 is 0 Å². The molecule has 26 heavy (non-hydrogen) atoms. The summed E-state index contributed by atoms with van der Waals surface area (Å²) in [5.74, 6) is 1.15. The second-order valence-corrected chi connectivity index (χ2v) is 6.64. The van der Waals surface area contributed by atoms with Gasteiger partial charge in [-0.15, -0.1) is 5.10 Å². The van der Waals surface area contributed by atoms with Crippen LogP contribution in [0.3, 0.4) is 0 Å². The van der Waals surface area contributed by atoms with Crippen molar-refractivity contribution < 1.29 is 4.74 Å². The molecule has 8 nitrogen and oxygen atoms in total. The molecule has 0 radical (unpaired) electrons. The zero-order valence-electron chi connectivity index (χ0n) is 13.8. The normalized spacial score (nSPS) is 17.3. The maximum absolute atomic E-state index is 6.15. The van der Waals surface area contributed by atoms with Crippen molar-refractivity contribution in [2.75, 3.05) is 18.5 Å². The van der Waals surface area contributed by atoms with Crippen LogP contribution in [-0.4, -0.2) is 48.2 Å². The number of nitrogens with one attached hydrogen (secondary N) is 1. The number of aromatic nitrogens is 6. The summed E-state index contributed by atoms with van der Waals surface area (Å²) in [6.45, 7) is 1.56. The van der Waals surface area contributed by atoms with Gasteiger partial charge in [0.15, 0.2) is 0 Å². The zero-order valence-corrected chi connectivity index (χ0v) is 14.6. The third-order valence-corrected chi connectivity index (χ3v) is 4.84. The Balaban J connectivity index is 1.45. The zero-order chi connectivity index (χ0) is 17.5. The van der Waals surface area contributed by atoms with Crippen molar-refractivity contribution >= 4 is 28.8 Å². The summed E-state index contributed by atoms with van der Waals surface area (Å²) in [5, 5.41) is 8.29. The fraction of sp³-hybridized carbons (Fsp3) is 0.294. The molecule has 0 bridgehead atoms. The number of fused-ring (bicyclic) bond motifs is 2. The summed E-state index contributed by atoms with van der Waals surface area (Å²) < 4.78 is 9.17. The molecule has 1 saturated heterocycles. The summed E-state index contributed by atoms with van der Waals surface area (Å²) in [6.07, 6.45) is 11.4. The Labute approximate surface area is 153 Å². The molecule has 4 aromatic heterocycles. The van der Waals surface area contributed by atoms with Gasteiger partial charge in [0.25, 0.3) is 0 Å². The summed E-state index contributed by atoms with van der Waals surface area (Å²) in [5.41, 5.74) is 2.79. The molecule has 0 spiro atoms. The Bertz CT molecular complexity index is 1080. The minimum atomic E-state index is 0.243. The van der Waals surface area contributed by atoms with E-state index in [2.05, 4.69) is 25.4 Å². The average molecular weight is 370 g/mol. The second kappa shape index (κ2) is 6.22. The van der Waals surface area contributed by atoms with Crippen LogP contribution in [0.2, 0.25) is 5.15 Å². The predicted molar refractivity (Wildman–Crippen MR) is 97.4 cm³/mol. The van der Waals surface area contributed by atoms with Crippen LogP contribution in [0.25, 0.3) is 22.4 Å². The number of nitrogens with zero attached hydrogens (tertiary/aromatic N) is 6. The van der Waals surface area contributed by atoms with Crippen molar-refractivity contribution in [1.29, 1.82) is 0 Å². The molecule has 1 aliphatic heterocycles. The number of hydrogen-bond acceptors (Lipinski definition) is 6. The van der Waals surface area contributed by atoms with Crippen molar-refractivity contribution in [3.8, 4) is 11.1 Å². The number of hydrogen-bond donors (Lipinski definition) is 1. The van der Waals surface area contributed by atoms with E-state index in [9.17, 15) is 0 Å². The minimum Gasteiger partial charge on any atom is -0.376 e. The molecule has 0 amide bonds. The Morgan fingerprint density at radius 3 is 3.04 bits per heavy atom. The SMILES string of the molecule is Clc1cnc2ncc(-c3ccn4nc(NCC5CCCO5)ncc34)cn12. The number of anilines is 1. The molecule has 132 valence electrons. The molecule has 5 rings (SSSR count). The maximum atomic E-state index is 6.15. The van der Waals surface area contributed by atoms with Crippen molar-refractivity contribution in [3.05, 3.63) is 42.2 Å². The summed E-state index contributed by atoms with van der Waals surface area (Å²) >= 11 is 6.15. The van der Waals surface area contributed by atoms with Gasteiger partial charge in [0.05, 0.1) is 24.0 Å². The minimum absolute atomic E-state index is 0.243. The fourth-order valence-corrected chi connectivity index (χ4v) is 3.39. The van der Waals surface area contributed by atoms with Gasteiger partial charge in [-0.05, 0) is 18.9 Å². The van der Waals surface area contributed by atoms with Crippen LogP contribution in [0.5, 0.6) is 0 Å².